The third-order valence-corrected chi connectivity index (χ3v) is 5.50. The number of ether oxygens (including phenoxy) is 4. The van der Waals surface area contributed by atoms with Gasteiger partial charge in [-0.25, -0.2) is 9.48 Å². The number of nitrogens with zero attached hydrogens (tertiary/aromatic N) is 3. The Kier molecular flexibility index (Phi) is 6.95. The lowest BCUT2D eigenvalue weighted by molar-refractivity contribution is -0.141. The predicted octanol–water partition coefficient (Wildman–Crippen LogP) is 2.46. The number of phenols is 1. The van der Waals surface area contributed by atoms with Gasteiger partial charge in [-0.1, -0.05) is 17.3 Å². The quantitative estimate of drug-likeness (QED) is 0.473. The average Bonchev–Trinajstić information content (AvgIpc) is 3.28. The molecule has 1 aliphatic rings. The molecule has 178 valence electrons. The van der Waals surface area contributed by atoms with E-state index in [1.165, 1.54) is 17.9 Å². The van der Waals surface area contributed by atoms with Gasteiger partial charge in [0.2, 0.25) is 0 Å². The molecule has 10 heteroatoms. The lowest BCUT2D eigenvalue weighted by Crippen LogP contribution is -2.28. The number of aromatic hydroxyl groups is 1. The Labute approximate surface area is 196 Å². The number of carbonyl (C=O) groups is 2. The first-order chi connectivity index (χ1) is 16.4. The number of fused-ring (bicyclic) bond motifs is 1. The molecule has 1 unspecified atom stereocenters. The molecule has 2 heterocycles. The molecule has 0 bridgehead atoms. The highest BCUT2D eigenvalue weighted by molar-refractivity contribution is 5.95. The van der Waals surface area contributed by atoms with Gasteiger partial charge in [0.25, 0.3) is 0 Å². The largest absolute Gasteiger partial charge is 0.507 e. The lowest BCUT2D eigenvalue weighted by Gasteiger charge is -2.25. The first-order valence-electron chi connectivity index (χ1n) is 10.7. The van der Waals surface area contributed by atoms with E-state index in [0.717, 1.165) is 17.7 Å². The minimum Gasteiger partial charge on any atom is -0.507 e. The van der Waals surface area contributed by atoms with Gasteiger partial charge in [-0.3, -0.25) is 4.79 Å². The molecule has 0 amide bonds. The summed E-state index contributed by atoms with van der Waals surface area (Å²) in [7, 11) is 2.92. The highest BCUT2D eigenvalue weighted by atomic mass is 16.5. The summed E-state index contributed by atoms with van der Waals surface area (Å²) in [6.07, 6.45) is 3.11. The van der Waals surface area contributed by atoms with E-state index in [2.05, 4.69) is 15.0 Å². The fraction of sp³-hybridized carbons (Fsp3) is 0.333. The van der Waals surface area contributed by atoms with Crippen molar-refractivity contribution in [3.8, 4) is 17.2 Å². The van der Waals surface area contributed by atoms with Crippen LogP contribution in [0.3, 0.4) is 0 Å². The first-order valence-corrected chi connectivity index (χ1v) is 10.7. The van der Waals surface area contributed by atoms with Crippen LogP contribution in [0.1, 0.15) is 33.6 Å². The van der Waals surface area contributed by atoms with Crippen LogP contribution in [0.25, 0.3) is 0 Å². The molecule has 0 saturated heterocycles. The zero-order valence-electron chi connectivity index (χ0n) is 18.9. The van der Waals surface area contributed by atoms with E-state index in [0.29, 0.717) is 29.8 Å². The van der Waals surface area contributed by atoms with Crippen molar-refractivity contribution in [2.24, 2.45) is 0 Å². The summed E-state index contributed by atoms with van der Waals surface area (Å²) in [6, 6.07) is 10.9. The maximum Gasteiger partial charge on any atom is 0.342 e. The van der Waals surface area contributed by atoms with Gasteiger partial charge in [0.1, 0.15) is 47.8 Å². The van der Waals surface area contributed by atoms with Crippen molar-refractivity contribution < 1.29 is 33.6 Å². The molecule has 0 radical (unpaired) electrons. The zero-order valence-corrected chi connectivity index (χ0v) is 18.9. The van der Waals surface area contributed by atoms with Crippen LogP contribution in [-0.2, 0) is 40.3 Å². The van der Waals surface area contributed by atoms with Crippen LogP contribution in [0.2, 0.25) is 0 Å². The van der Waals surface area contributed by atoms with Crippen LogP contribution in [0, 0.1) is 0 Å². The number of hydrogen-bond acceptors (Lipinski definition) is 9. The molecule has 0 saturated carbocycles. The summed E-state index contributed by atoms with van der Waals surface area (Å²) in [5, 5.41) is 18.2. The average molecular weight is 467 g/mol. The Morgan fingerprint density at radius 2 is 2.00 bits per heavy atom. The van der Waals surface area contributed by atoms with E-state index in [-0.39, 0.29) is 30.6 Å². The van der Waals surface area contributed by atoms with E-state index < -0.39 is 11.9 Å². The van der Waals surface area contributed by atoms with Gasteiger partial charge in [-0.05, 0) is 42.2 Å². The number of hydrogen-bond donors (Lipinski definition) is 1. The number of carbonyl (C=O) groups excluding carboxylic acids is 2. The second-order valence-corrected chi connectivity index (χ2v) is 7.87. The van der Waals surface area contributed by atoms with Gasteiger partial charge < -0.3 is 24.1 Å². The van der Waals surface area contributed by atoms with E-state index in [1.807, 2.05) is 24.3 Å². The molecule has 0 fully saturated rings. The summed E-state index contributed by atoms with van der Waals surface area (Å²) >= 11 is 0. The van der Waals surface area contributed by atoms with Crippen molar-refractivity contribution in [2.75, 3.05) is 14.2 Å². The monoisotopic (exact) mass is 467 g/mol. The standard InChI is InChI=1S/C24H25N3O7/c1-31-18-6-3-15(4-7-18)5-8-19-9-16-10-20(11-21(28)23(16)24(30)34-19)33-14-17-12-27(26-25-17)13-22(29)32-2/h3-4,6-7,10-12,19,28H,5,8-9,13-14H2,1-2H3. The number of rotatable bonds is 9. The molecule has 1 aliphatic heterocycles. The first kappa shape index (κ1) is 23.1. The van der Waals surface area contributed by atoms with Crippen molar-refractivity contribution in [3.63, 3.8) is 0 Å². The number of phenolic OH excluding ortho intramolecular Hbond substituents is 1. The van der Waals surface area contributed by atoms with Gasteiger partial charge in [0.15, 0.2) is 0 Å². The highest BCUT2D eigenvalue weighted by Gasteiger charge is 2.29. The Morgan fingerprint density at radius 3 is 2.74 bits per heavy atom. The lowest BCUT2D eigenvalue weighted by atomic mass is 9.94. The van der Waals surface area contributed by atoms with E-state index >= 15 is 0 Å². The van der Waals surface area contributed by atoms with Gasteiger partial charge >= 0.3 is 11.9 Å². The summed E-state index contributed by atoms with van der Waals surface area (Å²) in [5.41, 5.74) is 2.44. The third-order valence-electron chi connectivity index (χ3n) is 5.50. The van der Waals surface area contributed by atoms with Gasteiger partial charge in [0.05, 0.1) is 20.4 Å². The molecule has 4 rings (SSSR count). The molecule has 10 nitrogen and oxygen atoms in total. The molecule has 0 spiro atoms. The molecule has 1 atom stereocenters. The van der Waals surface area contributed by atoms with Gasteiger partial charge in [-0.2, -0.15) is 0 Å². The van der Waals surface area contributed by atoms with Crippen LogP contribution in [0.4, 0.5) is 0 Å². The van der Waals surface area contributed by atoms with Crippen LogP contribution >= 0.6 is 0 Å². The number of benzene rings is 2. The molecule has 0 aliphatic carbocycles. The van der Waals surface area contributed by atoms with E-state index in [1.54, 1.807) is 19.4 Å². The fourth-order valence-corrected chi connectivity index (χ4v) is 3.75. The highest BCUT2D eigenvalue weighted by Crippen LogP contribution is 2.34. The smallest absolute Gasteiger partial charge is 0.342 e. The number of aryl methyl sites for hydroxylation is 1. The van der Waals surface area contributed by atoms with Crippen LogP contribution < -0.4 is 9.47 Å². The normalized spacial score (nSPS) is 14.8. The zero-order chi connectivity index (χ0) is 24.1. The van der Waals surface area contributed by atoms with Crippen molar-refractivity contribution in [3.05, 3.63) is 65.0 Å². The Hall–Kier alpha value is -4.08. The van der Waals surface area contributed by atoms with Crippen molar-refractivity contribution in [1.82, 2.24) is 15.0 Å². The molecular formula is C24H25N3O7. The Bertz CT molecular complexity index is 1170. The Morgan fingerprint density at radius 1 is 1.21 bits per heavy atom. The summed E-state index contributed by atoms with van der Waals surface area (Å²) in [5.74, 6) is -0.000182. The van der Waals surface area contributed by atoms with E-state index in [4.69, 9.17) is 14.2 Å². The topological polar surface area (TPSA) is 122 Å². The van der Waals surface area contributed by atoms with Gasteiger partial charge in [-0.15, -0.1) is 5.10 Å². The maximum absolute atomic E-state index is 12.5. The molecule has 34 heavy (non-hydrogen) atoms. The number of methoxy groups -OCH3 is 2. The second-order valence-electron chi connectivity index (χ2n) is 7.87. The van der Waals surface area contributed by atoms with Crippen molar-refractivity contribution in [2.45, 2.75) is 38.5 Å². The number of aromatic nitrogens is 3. The predicted molar refractivity (Wildman–Crippen MR) is 119 cm³/mol. The van der Waals surface area contributed by atoms with Crippen molar-refractivity contribution in [1.29, 1.82) is 0 Å². The minimum atomic E-state index is -0.546. The SMILES string of the molecule is COC(=O)Cn1cc(COc2cc(O)c3c(c2)CC(CCc2ccc(OC)cc2)OC3=O)nn1. The second kappa shape index (κ2) is 10.2. The molecule has 1 N–H and O–H groups in total. The van der Waals surface area contributed by atoms with Gasteiger partial charge in [0, 0.05) is 12.5 Å². The van der Waals surface area contributed by atoms with Crippen LogP contribution in [-0.4, -0.2) is 52.4 Å². The number of cyclic esters (lactones) is 1. The Balaban J connectivity index is 1.39. The summed E-state index contributed by atoms with van der Waals surface area (Å²) < 4.78 is 22.4. The molecule has 3 aromatic rings. The molecular weight excluding hydrogens is 442 g/mol. The van der Waals surface area contributed by atoms with Crippen LogP contribution in [0.15, 0.2) is 42.6 Å². The molecule has 1 aromatic heterocycles. The van der Waals surface area contributed by atoms with Crippen molar-refractivity contribution >= 4 is 11.9 Å². The number of esters is 2. The maximum atomic E-state index is 12.5. The third kappa shape index (κ3) is 5.45. The summed E-state index contributed by atoms with van der Waals surface area (Å²) in [4.78, 5) is 23.9. The summed E-state index contributed by atoms with van der Waals surface area (Å²) in [6.45, 7) is 0.0217. The molecule has 2 aromatic carbocycles. The van der Waals surface area contributed by atoms with Crippen LogP contribution in [0.5, 0.6) is 17.2 Å². The minimum absolute atomic E-state index is 0.0524. The fourth-order valence-electron chi connectivity index (χ4n) is 3.75. The van der Waals surface area contributed by atoms with E-state index in [9.17, 15) is 14.7 Å².